The third-order valence-electron chi connectivity index (χ3n) is 2.22. The molecular formula is C12H9BrClN3O. The maximum absolute atomic E-state index is 12.0. The maximum atomic E-state index is 12.0. The molecule has 1 aromatic heterocycles. The van der Waals surface area contributed by atoms with Crippen molar-refractivity contribution in [2.45, 2.75) is 0 Å². The van der Waals surface area contributed by atoms with Crippen molar-refractivity contribution < 1.29 is 4.79 Å². The lowest BCUT2D eigenvalue weighted by atomic mass is 10.2. The van der Waals surface area contributed by atoms with Gasteiger partial charge in [0.1, 0.15) is 4.60 Å². The van der Waals surface area contributed by atoms with Crippen LogP contribution in [0.4, 0.5) is 11.4 Å². The van der Waals surface area contributed by atoms with Gasteiger partial charge in [0.25, 0.3) is 5.91 Å². The van der Waals surface area contributed by atoms with Crippen LogP contribution in [0.25, 0.3) is 0 Å². The molecule has 1 amide bonds. The average molecular weight is 327 g/mol. The summed E-state index contributed by atoms with van der Waals surface area (Å²) >= 11 is 9.17. The van der Waals surface area contributed by atoms with Crippen molar-refractivity contribution >= 4 is 44.8 Å². The third-order valence-corrected chi connectivity index (χ3v) is 3.00. The van der Waals surface area contributed by atoms with Gasteiger partial charge in [0.15, 0.2) is 0 Å². The molecule has 0 radical (unpaired) electrons. The maximum Gasteiger partial charge on any atom is 0.257 e. The zero-order chi connectivity index (χ0) is 13.1. The molecule has 3 N–H and O–H groups in total. The van der Waals surface area contributed by atoms with Crippen LogP contribution in [-0.4, -0.2) is 10.9 Å². The molecule has 0 atom stereocenters. The smallest absolute Gasteiger partial charge is 0.257 e. The van der Waals surface area contributed by atoms with E-state index in [0.717, 1.165) is 0 Å². The molecule has 92 valence electrons. The van der Waals surface area contributed by atoms with Crippen LogP contribution in [0.3, 0.4) is 0 Å². The highest BCUT2D eigenvalue weighted by molar-refractivity contribution is 9.10. The summed E-state index contributed by atoms with van der Waals surface area (Å²) in [7, 11) is 0. The van der Waals surface area contributed by atoms with Gasteiger partial charge in [0, 0.05) is 5.69 Å². The van der Waals surface area contributed by atoms with Crippen LogP contribution in [0.2, 0.25) is 5.02 Å². The monoisotopic (exact) mass is 325 g/mol. The van der Waals surface area contributed by atoms with Crippen molar-refractivity contribution in [2.24, 2.45) is 0 Å². The molecule has 4 nitrogen and oxygen atoms in total. The molecule has 0 unspecified atom stereocenters. The molecule has 0 saturated heterocycles. The highest BCUT2D eigenvalue weighted by atomic mass is 79.9. The van der Waals surface area contributed by atoms with Gasteiger partial charge in [-0.1, -0.05) is 11.6 Å². The number of nitrogens with zero attached hydrogens (tertiary/aromatic N) is 1. The second kappa shape index (κ2) is 5.37. The predicted octanol–water partition coefficient (Wildman–Crippen LogP) is 3.33. The Labute approximate surface area is 117 Å². The Bertz CT molecular complexity index is 586. The molecule has 18 heavy (non-hydrogen) atoms. The number of benzene rings is 1. The van der Waals surface area contributed by atoms with E-state index >= 15 is 0 Å². The van der Waals surface area contributed by atoms with Gasteiger partial charge in [-0.25, -0.2) is 4.98 Å². The van der Waals surface area contributed by atoms with Crippen molar-refractivity contribution in [3.63, 3.8) is 0 Å². The Hall–Kier alpha value is -1.59. The first-order valence-electron chi connectivity index (χ1n) is 5.04. The molecule has 0 fully saturated rings. The standard InChI is InChI=1S/C12H9BrClN3O/c13-11-4-2-8(6-16-11)17-12(18)9-3-1-7(15)5-10(9)14/h1-6H,15H2,(H,17,18). The van der Waals surface area contributed by atoms with Crippen LogP contribution in [0, 0.1) is 0 Å². The molecular weight excluding hydrogens is 318 g/mol. The summed E-state index contributed by atoms with van der Waals surface area (Å²) in [6, 6.07) is 8.22. The van der Waals surface area contributed by atoms with Crippen LogP contribution in [-0.2, 0) is 0 Å². The molecule has 1 heterocycles. The van der Waals surface area contributed by atoms with Crippen LogP contribution >= 0.6 is 27.5 Å². The number of nitrogens with one attached hydrogen (secondary N) is 1. The SMILES string of the molecule is Nc1ccc(C(=O)Nc2ccc(Br)nc2)c(Cl)c1. The van der Waals surface area contributed by atoms with Crippen molar-refractivity contribution in [1.82, 2.24) is 4.98 Å². The van der Waals surface area contributed by atoms with Gasteiger partial charge < -0.3 is 11.1 Å². The minimum absolute atomic E-state index is 0.302. The summed E-state index contributed by atoms with van der Waals surface area (Å²) < 4.78 is 0.700. The highest BCUT2D eigenvalue weighted by Crippen LogP contribution is 2.20. The van der Waals surface area contributed by atoms with Crippen molar-refractivity contribution in [3.05, 3.63) is 51.7 Å². The van der Waals surface area contributed by atoms with Gasteiger partial charge >= 0.3 is 0 Å². The van der Waals surface area contributed by atoms with E-state index in [1.54, 1.807) is 30.5 Å². The number of hydrogen-bond acceptors (Lipinski definition) is 3. The van der Waals surface area contributed by atoms with Gasteiger partial charge in [-0.05, 0) is 46.3 Å². The molecule has 0 aliphatic carbocycles. The van der Waals surface area contributed by atoms with Crippen LogP contribution < -0.4 is 11.1 Å². The van der Waals surface area contributed by atoms with Gasteiger partial charge in [-0.3, -0.25) is 4.79 Å². The van der Waals surface area contributed by atoms with Crippen molar-refractivity contribution in [3.8, 4) is 0 Å². The van der Waals surface area contributed by atoms with Crippen LogP contribution in [0.1, 0.15) is 10.4 Å². The zero-order valence-electron chi connectivity index (χ0n) is 9.15. The van der Waals surface area contributed by atoms with E-state index in [2.05, 4.69) is 26.2 Å². The number of rotatable bonds is 2. The van der Waals surface area contributed by atoms with Gasteiger partial charge in [0.05, 0.1) is 22.5 Å². The van der Waals surface area contributed by atoms with E-state index in [-0.39, 0.29) is 5.91 Å². The molecule has 0 aliphatic heterocycles. The molecule has 2 aromatic rings. The number of carbonyl (C=O) groups excluding carboxylic acids is 1. The Morgan fingerprint density at radius 1 is 1.33 bits per heavy atom. The van der Waals surface area contributed by atoms with E-state index in [0.29, 0.717) is 26.6 Å². The van der Waals surface area contributed by atoms with E-state index in [1.165, 1.54) is 6.07 Å². The number of anilines is 2. The summed E-state index contributed by atoms with van der Waals surface area (Å²) in [4.78, 5) is 16.0. The zero-order valence-corrected chi connectivity index (χ0v) is 11.5. The number of halogens is 2. The topological polar surface area (TPSA) is 68.0 Å². The summed E-state index contributed by atoms with van der Waals surface area (Å²) in [6.07, 6.45) is 1.55. The molecule has 0 aliphatic rings. The second-order valence-corrected chi connectivity index (χ2v) is 4.78. The molecule has 1 aromatic carbocycles. The first-order valence-corrected chi connectivity index (χ1v) is 6.21. The second-order valence-electron chi connectivity index (χ2n) is 3.56. The quantitative estimate of drug-likeness (QED) is 0.657. The fraction of sp³-hybridized carbons (Fsp3) is 0. The van der Waals surface area contributed by atoms with E-state index in [1.807, 2.05) is 0 Å². The van der Waals surface area contributed by atoms with E-state index < -0.39 is 0 Å². The minimum Gasteiger partial charge on any atom is -0.399 e. The number of hydrogen-bond donors (Lipinski definition) is 2. The number of nitrogens with two attached hydrogens (primary N) is 1. The first kappa shape index (κ1) is 12.9. The number of aromatic nitrogens is 1. The van der Waals surface area contributed by atoms with Gasteiger partial charge in [0.2, 0.25) is 0 Å². The lowest BCUT2D eigenvalue weighted by Crippen LogP contribution is -2.12. The number of nitrogen functional groups attached to an aromatic ring is 1. The Balaban J connectivity index is 2.19. The lowest BCUT2D eigenvalue weighted by Gasteiger charge is -2.07. The fourth-order valence-corrected chi connectivity index (χ4v) is 1.87. The molecule has 0 spiro atoms. The Kier molecular flexibility index (Phi) is 3.84. The van der Waals surface area contributed by atoms with Crippen molar-refractivity contribution in [2.75, 3.05) is 11.1 Å². The highest BCUT2D eigenvalue weighted by Gasteiger charge is 2.10. The number of pyridine rings is 1. The molecule has 0 saturated carbocycles. The minimum atomic E-state index is -0.302. The summed E-state index contributed by atoms with van der Waals surface area (Å²) in [5, 5.41) is 3.02. The number of carbonyl (C=O) groups is 1. The lowest BCUT2D eigenvalue weighted by molar-refractivity contribution is 0.102. The molecule has 0 bridgehead atoms. The summed E-state index contributed by atoms with van der Waals surface area (Å²) in [6.45, 7) is 0. The van der Waals surface area contributed by atoms with E-state index in [4.69, 9.17) is 17.3 Å². The van der Waals surface area contributed by atoms with Crippen molar-refractivity contribution in [1.29, 1.82) is 0 Å². The van der Waals surface area contributed by atoms with Crippen LogP contribution in [0.15, 0.2) is 41.1 Å². The third kappa shape index (κ3) is 3.00. The predicted molar refractivity (Wildman–Crippen MR) is 75.8 cm³/mol. The van der Waals surface area contributed by atoms with Gasteiger partial charge in [-0.15, -0.1) is 0 Å². The normalized spacial score (nSPS) is 10.1. The Morgan fingerprint density at radius 3 is 2.72 bits per heavy atom. The number of amides is 1. The Morgan fingerprint density at radius 2 is 2.11 bits per heavy atom. The fourth-order valence-electron chi connectivity index (χ4n) is 1.36. The summed E-state index contributed by atoms with van der Waals surface area (Å²) in [5.74, 6) is -0.302. The molecule has 6 heteroatoms. The van der Waals surface area contributed by atoms with Crippen LogP contribution in [0.5, 0.6) is 0 Å². The van der Waals surface area contributed by atoms with Gasteiger partial charge in [-0.2, -0.15) is 0 Å². The summed E-state index contributed by atoms with van der Waals surface area (Å²) in [5.41, 5.74) is 7.04. The molecule has 2 rings (SSSR count). The largest absolute Gasteiger partial charge is 0.399 e. The first-order chi connectivity index (χ1) is 8.56. The van der Waals surface area contributed by atoms with E-state index in [9.17, 15) is 4.79 Å². The average Bonchev–Trinajstić information content (AvgIpc) is 2.32.